The molecule has 0 unspecified atom stereocenters. The molecule has 2 amide bonds. The van der Waals surface area contributed by atoms with Crippen LogP contribution in [-0.2, 0) is 17.8 Å². The number of hydrogen-bond donors (Lipinski definition) is 1. The van der Waals surface area contributed by atoms with Crippen LogP contribution in [0, 0.1) is 19.8 Å². The van der Waals surface area contributed by atoms with Gasteiger partial charge in [-0.1, -0.05) is 13.8 Å². The van der Waals surface area contributed by atoms with Crippen molar-refractivity contribution in [2.75, 3.05) is 18.4 Å². The molecule has 150 valence electrons. The molecule has 1 aromatic carbocycles. The zero-order chi connectivity index (χ0) is 20.3. The Bertz CT molecular complexity index is 846. The quantitative estimate of drug-likeness (QED) is 0.830. The predicted molar refractivity (Wildman–Crippen MR) is 110 cm³/mol. The second kappa shape index (κ2) is 8.59. The van der Waals surface area contributed by atoms with Gasteiger partial charge in [0.25, 0.3) is 5.91 Å². The molecule has 0 aliphatic carbocycles. The van der Waals surface area contributed by atoms with Gasteiger partial charge in [-0.25, -0.2) is 0 Å². The molecule has 0 atom stereocenters. The SMILES string of the molecule is Cc1nn(CC(C)C)c(C)c1CC(=O)Nc1ccc(C(=O)N2CCCC2)cc1. The molecular weight excluding hydrogens is 352 g/mol. The Hall–Kier alpha value is -2.63. The van der Waals surface area contributed by atoms with Gasteiger partial charge in [0.15, 0.2) is 0 Å². The van der Waals surface area contributed by atoms with Crippen LogP contribution in [0.25, 0.3) is 0 Å². The molecule has 1 aliphatic rings. The molecule has 1 N–H and O–H groups in total. The maximum absolute atomic E-state index is 12.5. The lowest BCUT2D eigenvalue weighted by molar-refractivity contribution is -0.115. The minimum Gasteiger partial charge on any atom is -0.339 e. The second-order valence-corrected chi connectivity index (χ2v) is 8.03. The molecule has 28 heavy (non-hydrogen) atoms. The summed E-state index contributed by atoms with van der Waals surface area (Å²) in [6.07, 6.45) is 2.45. The van der Waals surface area contributed by atoms with Crippen molar-refractivity contribution < 1.29 is 9.59 Å². The molecule has 0 bridgehead atoms. The Morgan fingerprint density at radius 3 is 2.36 bits per heavy atom. The summed E-state index contributed by atoms with van der Waals surface area (Å²) >= 11 is 0. The largest absolute Gasteiger partial charge is 0.339 e. The number of anilines is 1. The Morgan fingerprint density at radius 2 is 1.75 bits per heavy atom. The van der Waals surface area contributed by atoms with E-state index in [0.717, 1.165) is 49.4 Å². The fourth-order valence-electron chi connectivity index (χ4n) is 3.68. The van der Waals surface area contributed by atoms with Crippen LogP contribution in [0.5, 0.6) is 0 Å². The highest BCUT2D eigenvalue weighted by Gasteiger charge is 2.19. The van der Waals surface area contributed by atoms with E-state index in [2.05, 4.69) is 24.3 Å². The van der Waals surface area contributed by atoms with Gasteiger partial charge in [-0.3, -0.25) is 14.3 Å². The van der Waals surface area contributed by atoms with Crippen LogP contribution in [0.1, 0.15) is 54.0 Å². The van der Waals surface area contributed by atoms with Gasteiger partial charge < -0.3 is 10.2 Å². The molecule has 6 nitrogen and oxygen atoms in total. The first-order valence-corrected chi connectivity index (χ1v) is 10.1. The monoisotopic (exact) mass is 382 g/mol. The van der Waals surface area contributed by atoms with E-state index in [1.807, 2.05) is 23.4 Å². The molecule has 1 aliphatic heterocycles. The summed E-state index contributed by atoms with van der Waals surface area (Å²) < 4.78 is 1.99. The van der Waals surface area contributed by atoms with E-state index >= 15 is 0 Å². The average Bonchev–Trinajstić information content (AvgIpc) is 3.26. The van der Waals surface area contributed by atoms with Crippen LogP contribution in [0.3, 0.4) is 0 Å². The fraction of sp³-hybridized carbons (Fsp3) is 0.500. The maximum Gasteiger partial charge on any atom is 0.253 e. The summed E-state index contributed by atoms with van der Waals surface area (Å²) in [4.78, 5) is 26.8. The first-order valence-electron chi connectivity index (χ1n) is 10.1. The third kappa shape index (κ3) is 4.61. The van der Waals surface area contributed by atoms with Crippen molar-refractivity contribution in [1.29, 1.82) is 0 Å². The maximum atomic E-state index is 12.5. The Kier molecular flexibility index (Phi) is 6.17. The Morgan fingerprint density at radius 1 is 1.11 bits per heavy atom. The lowest BCUT2D eigenvalue weighted by Crippen LogP contribution is -2.27. The molecule has 6 heteroatoms. The van der Waals surface area contributed by atoms with Crippen molar-refractivity contribution in [3.63, 3.8) is 0 Å². The lowest BCUT2D eigenvalue weighted by atomic mass is 10.1. The summed E-state index contributed by atoms with van der Waals surface area (Å²) in [5.41, 5.74) is 4.31. The van der Waals surface area contributed by atoms with E-state index in [-0.39, 0.29) is 11.8 Å². The predicted octanol–water partition coefficient (Wildman–Crippen LogP) is 3.57. The molecule has 0 spiro atoms. The van der Waals surface area contributed by atoms with Crippen LogP contribution in [-0.4, -0.2) is 39.6 Å². The number of carbonyl (C=O) groups excluding carboxylic acids is 2. The molecule has 2 aromatic rings. The van der Waals surface area contributed by atoms with Crippen LogP contribution in [0.15, 0.2) is 24.3 Å². The van der Waals surface area contributed by atoms with E-state index in [9.17, 15) is 9.59 Å². The van der Waals surface area contributed by atoms with Crippen LogP contribution >= 0.6 is 0 Å². The van der Waals surface area contributed by atoms with Gasteiger partial charge in [0.05, 0.1) is 12.1 Å². The van der Waals surface area contributed by atoms with Gasteiger partial charge >= 0.3 is 0 Å². The van der Waals surface area contributed by atoms with Crippen molar-refractivity contribution in [2.24, 2.45) is 5.92 Å². The molecule has 0 saturated carbocycles. The second-order valence-electron chi connectivity index (χ2n) is 8.03. The average molecular weight is 383 g/mol. The van der Waals surface area contributed by atoms with Crippen LogP contribution < -0.4 is 5.32 Å². The number of carbonyl (C=O) groups is 2. The minimum atomic E-state index is -0.0751. The van der Waals surface area contributed by atoms with Crippen molar-refractivity contribution in [1.82, 2.24) is 14.7 Å². The highest BCUT2D eigenvalue weighted by molar-refractivity contribution is 5.96. The third-order valence-corrected chi connectivity index (χ3v) is 5.22. The molecule has 2 heterocycles. The summed E-state index contributed by atoms with van der Waals surface area (Å²) in [5, 5.41) is 7.50. The number of amides is 2. The topological polar surface area (TPSA) is 67.2 Å². The summed E-state index contributed by atoms with van der Waals surface area (Å²) in [7, 11) is 0. The van der Waals surface area contributed by atoms with Crippen LogP contribution in [0.4, 0.5) is 5.69 Å². The third-order valence-electron chi connectivity index (χ3n) is 5.22. The number of aromatic nitrogens is 2. The van der Waals surface area contributed by atoms with Crippen molar-refractivity contribution in [3.8, 4) is 0 Å². The molecule has 1 saturated heterocycles. The summed E-state index contributed by atoms with van der Waals surface area (Å²) in [6, 6.07) is 7.16. The number of nitrogens with zero attached hydrogens (tertiary/aromatic N) is 3. The van der Waals surface area contributed by atoms with Crippen LogP contribution in [0.2, 0.25) is 0 Å². The number of hydrogen-bond acceptors (Lipinski definition) is 3. The molecule has 3 rings (SSSR count). The van der Waals surface area contributed by atoms with E-state index in [4.69, 9.17) is 0 Å². The number of aryl methyl sites for hydroxylation is 1. The van der Waals surface area contributed by atoms with E-state index in [1.54, 1.807) is 24.3 Å². The van der Waals surface area contributed by atoms with Gasteiger partial charge in [0.1, 0.15) is 0 Å². The van der Waals surface area contributed by atoms with Crippen molar-refractivity contribution >= 4 is 17.5 Å². The first-order chi connectivity index (χ1) is 13.3. The Labute approximate surface area is 166 Å². The minimum absolute atomic E-state index is 0.0687. The van der Waals surface area contributed by atoms with Gasteiger partial charge in [0, 0.05) is 42.1 Å². The Balaban J connectivity index is 1.62. The molecule has 1 aromatic heterocycles. The highest BCUT2D eigenvalue weighted by atomic mass is 16.2. The fourth-order valence-corrected chi connectivity index (χ4v) is 3.68. The van der Waals surface area contributed by atoms with E-state index in [0.29, 0.717) is 23.6 Å². The molecule has 0 radical (unpaired) electrons. The highest BCUT2D eigenvalue weighted by Crippen LogP contribution is 2.18. The number of rotatable bonds is 6. The zero-order valence-corrected chi connectivity index (χ0v) is 17.3. The first kappa shape index (κ1) is 20.1. The van der Waals surface area contributed by atoms with Crippen molar-refractivity contribution in [2.45, 2.75) is 53.5 Å². The number of benzene rings is 1. The normalized spacial score (nSPS) is 14.0. The summed E-state index contributed by atoms with van der Waals surface area (Å²) in [6.45, 7) is 10.8. The molecular formula is C22H30N4O2. The number of likely N-dealkylation sites (tertiary alicyclic amines) is 1. The lowest BCUT2D eigenvalue weighted by Gasteiger charge is -2.15. The molecule has 1 fully saturated rings. The smallest absolute Gasteiger partial charge is 0.253 e. The number of nitrogens with one attached hydrogen (secondary N) is 1. The zero-order valence-electron chi connectivity index (χ0n) is 17.3. The van der Waals surface area contributed by atoms with Crippen molar-refractivity contribution in [3.05, 3.63) is 46.8 Å². The van der Waals surface area contributed by atoms with Gasteiger partial charge in [0.2, 0.25) is 5.91 Å². The van der Waals surface area contributed by atoms with Gasteiger partial charge in [-0.2, -0.15) is 5.10 Å². The summed E-state index contributed by atoms with van der Waals surface area (Å²) in [5.74, 6) is 0.495. The van der Waals surface area contributed by atoms with Gasteiger partial charge in [-0.15, -0.1) is 0 Å². The van der Waals surface area contributed by atoms with E-state index in [1.165, 1.54) is 0 Å². The van der Waals surface area contributed by atoms with E-state index < -0.39 is 0 Å². The van der Waals surface area contributed by atoms with Gasteiger partial charge in [-0.05, 0) is 56.9 Å². The standard InChI is InChI=1S/C22H30N4O2/c1-15(2)14-26-17(4)20(16(3)24-26)13-21(27)23-19-9-7-18(8-10-19)22(28)25-11-5-6-12-25/h7-10,15H,5-6,11-14H2,1-4H3,(H,23,27).